The standard InChI is InChI=1S/C17H18NOP/c1-3-10-17(18-2)20(19,15-11-6-4-7-12-15)16-13-8-5-9-14-16/h3-14H,1-2H3. The lowest BCUT2D eigenvalue weighted by Crippen LogP contribution is -2.21. The number of hydrogen-bond donors (Lipinski definition) is 0. The van der Waals surface area contributed by atoms with Crippen molar-refractivity contribution in [2.45, 2.75) is 6.92 Å². The maximum absolute atomic E-state index is 13.8. The molecule has 2 aromatic rings. The van der Waals surface area contributed by atoms with E-state index >= 15 is 0 Å². The monoisotopic (exact) mass is 283 g/mol. The minimum absolute atomic E-state index is 0.623. The van der Waals surface area contributed by atoms with Crippen LogP contribution in [0.15, 0.2) is 77.8 Å². The number of nitrogens with zero attached hydrogens (tertiary/aromatic N) is 1. The van der Waals surface area contributed by atoms with Crippen molar-refractivity contribution in [1.29, 1.82) is 0 Å². The molecule has 20 heavy (non-hydrogen) atoms. The quantitative estimate of drug-likeness (QED) is 0.622. The Kier molecular flexibility index (Phi) is 4.70. The van der Waals surface area contributed by atoms with Gasteiger partial charge in [0.15, 0.2) is 7.14 Å². The third kappa shape index (κ3) is 2.66. The van der Waals surface area contributed by atoms with Crippen molar-refractivity contribution in [3.8, 4) is 0 Å². The van der Waals surface area contributed by atoms with Gasteiger partial charge >= 0.3 is 0 Å². The van der Waals surface area contributed by atoms with E-state index in [1.54, 1.807) is 7.05 Å². The van der Waals surface area contributed by atoms with E-state index in [2.05, 4.69) is 4.99 Å². The summed E-state index contributed by atoms with van der Waals surface area (Å²) in [5.41, 5.74) is 0.623. The Labute approximate surface area is 120 Å². The van der Waals surface area contributed by atoms with Crippen molar-refractivity contribution >= 4 is 23.2 Å². The SMILES string of the molecule is CC=CC(=NC)P(=O)(c1ccccc1)c1ccccc1. The zero-order chi connectivity index (χ0) is 14.4. The molecular weight excluding hydrogens is 265 g/mol. The highest BCUT2D eigenvalue weighted by Gasteiger charge is 2.31. The first kappa shape index (κ1) is 14.5. The molecule has 0 radical (unpaired) electrons. The maximum Gasteiger partial charge on any atom is 0.188 e. The van der Waals surface area contributed by atoms with Crippen LogP contribution in [0.25, 0.3) is 0 Å². The highest BCUT2D eigenvalue weighted by atomic mass is 31.2. The average Bonchev–Trinajstić information content (AvgIpc) is 2.53. The van der Waals surface area contributed by atoms with E-state index in [4.69, 9.17) is 0 Å². The van der Waals surface area contributed by atoms with Crippen LogP contribution < -0.4 is 10.6 Å². The average molecular weight is 283 g/mol. The van der Waals surface area contributed by atoms with Crippen LogP contribution >= 0.6 is 7.14 Å². The largest absolute Gasteiger partial charge is 0.307 e. The molecule has 0 unspecified atom stereocenters. The lowest BCUT2D eigenvalue weighted by Gasteiger charge is -2.19. The molecule has 0 saturated carbocycles. The first-order valence-corrected chi connectivity index (χ1v) is 8.25. The lowest BCUT2D eigenvalue weighted by molar-refractivity contribution is 0.593. The minimum Gasteiger partial charge on any atom is -0.307 e. The summed E-state index contributed by atoms with van der Waals surface area (Å²) in [7, 11) is -1.20. The maximum atomic E-state index is 13.8. The first-order chi connectivity index (χ1) is 9.73. The van der Waals surface area contributed by atoms with Gasteiger partial charge in [-0.25, -0.2) is 0 Å². The van der Waals surface area contributed by atoms with Gasteiger partial charge in [0.2, 0.25) is 0 Å². The normalized spacial score (nSPS) is 12.8. The summed E-state index contributed by atoms with van der Waals surface area (Å²) in [5, 5.41) is 1.62. The van der Waals surface area contributed by atoms with E-state index in [1.807, 2.05) is 79.7 Å². The smallest absolute Gasteiger partial charge is 0.188 e. The van der Waals surface area contributed by atoms with Gasteiger partial charge in [0.05, 0.1) is 0 Å². The second kappa shape index (κ2) is 6.49. The fourth-order valence-corrected chi connectivity index (χ4v) is 4.81. The van der Waals surface area contributed by atoms with Gasteiger partial charge in [0.1, 0.15) is 5.45 Å². The molecule has 2 rings (SSSR count). The Balaban J connectivity index is 2.71. The molecule has 0 aliphatic rings. The second-order valence-corrected chi connectivity index (χ2v) is 7.07. The van der Waals surface area contributed by atoms with Crippen molar-refractivity contribution in [2.75, 3.05) is 7.05 Å². The van der Waals surface area contributed by atoms with Crippen LogP contribution in [0.5, 0.6) is 0 Å². The Hall–Kier alpha value is -1.92. The van der Waals surface area contributed by atoms with Crippen molar-refractivity contribution in [1.82, 2.24) is 0 Å². The Morgan fingerprint density at radius 1 is 0.950 bits per heavy atom. The van der Waals surface area contributed by atoms with Gasteiger partial charge < -0.3 is 4.57 Å². The summed E-state index contributed by atoms with van der Waals surface area (Å²) in [6, 6.07) is 19.1. The van der Waals surface area contributed by atoms with E-state index in [-0.39, 0.29) is 0 Å². The molecule has 2 nitrogen and oxygen atoms in total. The van der Waals surface area contributed by atoms with Crippen LogP contribution in [0.4, 0.5) is 0 Å². The number of rotatable bonds is 4. The number of aliphatic imine (C=N–C) groups is 1. The van der Waals surface area contributed by atoms with Crippen molar-refractivity contribution in [3.05, 3.63) is 72.8 Å². The summed E-state index contributed by atoms with van der Waals surface area (Å²) in [6.45, 7) is 1.91. The third-order valence-corrected chi connectivity index (χ3v) is 6.15. The van der Waals surface area contributed by atoms with Gasteiger partial charge in [-0.15, -0.1) is 0 Å². The molecule has 2 aromatic carbocycles. The fraction of sp³-hybridized carbons (Fsp3) is 0.118. The Bertz CT molecular complexity index is 616. The van der Waals surface area contributed by atoms with Gasteiger partial charge in [-0.1, -0.05) is 66.7 Å². The lowest BCUT2D eigenvalue weighted by atomic mass is 10.4. The molecule has 0 aromatic heterocycles. The van der Waals surface area contributed by atoms with Gasteiger partial charge in [0, 0.05) is 17.7 Å². The predicted octanol–water partition coefficient (Wildman–Crippen LogP) is 3.60. The molecule has 0 fully saturated rings. The molecule has 0 aliphatic carbocycles. The Morgan fingerprint density at radius 3 is 1.75 bits per heavy atom. The van der Waals surface area contributed by atoms with Gasteiger partial charge in [0.25, 0.3) is 0 Å². The van der Waals surface area contributed by atoms with Gasteiger partial charge in [-0.3, -0.25) is 4.99 Å². The van der Waals surface area contributed by atoms with Gasteiger partial charge in [-0.05, 0) is 13.0 Å². The minimum atomic E-state index is -2.89. The summed E-state index contributed by atoms with van der Waals surface area (Å²) in [6.07, 6.45) is 3.71. The molecular formula is C17H18NOP. The topological polar surface area (TPSA) is 29.4 Å². The zero-order valence-corrected chi connectivity index (χ0v) is 12.6. The van der Waals surface area contributed by atoms with E-state index in [1.165, 1.54) is 0 Å². The van der Waals surface area contributed by atoms with Crippen LogP contribution in [0.2, 0.25) is 0 Å². The Morgan fingerprint density at radius 2 is 1.40 bits per heavy atom. The second-order valence-electron chi connectivity index (χ2n) is 4.36. The molecule has 0 saturated heterocycles. The molecule has 0 aliphatic heterocycles. The van der Waals surface area contributed by atoms with Crippen molar-refractivity contribution in [3.63, 3.8) is 0 Å². The molecule has 0 bridgehead atoms. The van der Waals surface area contributed by atoms with E-state index in [0.29, 0.717) is 5.45 Å². The highest BCUT2D eigenvalue weighted by molar-refractivity contribution is 7.93. The molecule has 0 atom stereocenters. The summed E-state index contributed by atoms with van der Waals surface area (Å²) >= 11 is 0. The van der Waals surface area contributed by atoms with Crippen molar-refractivity contribution < 1.29 is 4.57 Å². The fourth-order valence-electron chi connectivity index (χ4n) is 2.16. The van der Waals surface area contributed by atoms with Crippen molar-refractivity contribution in [2.24, 2.45) is 4.99 Å². The van der Waals surface area contributed by atoms with E-state index in [9.17, 15) is 4.57 Å². The number of hydrogen-bond acceptors (Lipinski definition) is 2. The van der Waals surface area contributed by atoms with Crippen LogP contribution in [-0.4, -0.2) is 12.5 Å². The van der Waals surface area contributed by atoms with Crippen LogP contribution in [0, 0.1) is 0 Å². The first-order valence-electron chi connectivity index (χ1n) is 6.54. The van der Waals surface area contributed by atoms with Crippen LogP contribution in [-0.2, 0) is 4.57 Å². The molecule has 102 valence electrons. The van der Waals surface area contributed by atoms with Gasteiger partial charge in [-0.2, -0.15) is 0 Å². The molecule has 0 spiro atoms. The van der Waals surface area contributed by atoms with E-state index in [0.717, 1.165) is 10.6 Å². The number of allylic oxidation sites excluding steroid dienone is 2. The summed E-state index contributed by atoms with van der Waals surface area (Å²) in [4.78, 5) is 4.27. The number of benzene rings is 2. The molecule has 0 heterocycles. The zero-order valence-electron chi connectivity index (χ0n) is 11.7. The molecule has 3 heteroatoms. The molecule has 0 N–H and O–H groups in total. The molecule has 0 amide bonds. The third-order valence-electron chi connectivity index (χ3n) is 3.11. The highest BCUT2D eigenvalue weighted by Crippen LogP contribution is 2.45. The van der Waals surface area contributed by atoms with Crippen LogP contribution in [0.3, 0.4) is 0 Å². The summed E-state index contributed by atoms with van der Waals surface area (Å²) < 4.78 is 13.8. The predicted molar refractivity (Wildman–Crippen MR) is 87.9 cm³/mol. The van der Waals surface area contributed by atoms with Crippen LogP contribution in [0.1, 0.15) is 6.92 Å². The summed E-state index contributed by atoms with van der Waals surface area (Å²) in [5.74, 6) is 0. The van der Waals surface area contributed by atoms with E-state index < -0.39 is 7.14 Å².